The van der Waals surface area contributed by atoms with Crippen LogP contribution in [0.2, 0.25) is 0 Å². The fourth-order valence-electron chi connectivity index (χ4n) is 2.76. The van der Waals surface area contributed by atoms with E-state index in [1.54, 1.807) is 0 Å². The zero-order valence-corrected chi connectivity index (χ0v) is 13.0. The molecule has 1 N–H and O–H groups in total. The van der Waals surface area contributed by atoms with Crippen molar-refractivity contribution in [1.82, 2.24) is 5.32 Å². The first-order valence-electron chi connectivity index (χ1n) is 7.59. The van der Waals surface area contributed by atoms with Crippen molar-refractivity contribution in [3.63, 3.8) is 0 Å². The quantitative estimate of drug-likeness (QED) is 0.823. The zero-order chi connectivity index (χ0) is 14.5. The topological polar surface area (TPSA) is 12.0 Å². The smallest absolute Gasteiger partial charge is 0.0295 e. The molecule has 0 aliphatic carbocycles. The Morgan fingerprint density at radius 1 is 0.950 bits per heavy atom. The third-order valence-electron chi connectivity index (χ3n) is 4.14. The van der Waals surface area contributed by atoms with E-state index in [1.165, 1.54) is 27.8 Å². The fourth-order valence-corrected chi connectivity index (χ4v) is 2.76. The maximum Gasteiger partial charge on any atom is 0.0295 e. The lowest BCUT2D eigenvalue weighted by Gasteiger charge is -2.17. The first kappa shape index (κ1) is 14.8. The van der Waals surface area contributed by atoms with Crippen LogP contribution in [0.1, 0.15) is 43.5 Å². The van der Waals surface area contributed by atoms with Gasteiger partial charge in [0.15, 0.2) is 0 Å². The van der Waals surface area contributed by atoms with Crippen molar-refractivity contribution in [3.05, 3.63) is 59.2 Å². The van der Waals surface area contributed by atoms with Crippen molar-refractivity contribution >= 4 is 0 Å². The highest BCUT2D eigenvalue weighted by Crippen LogP contribution is 2.29. The summed E-state index contributed by atoms with van der Waals surface area (Å²) in [5.41, 5.74) is 6.97. The average molecular weight is 267 g/mol. The molecule has 20 heavy (non-hydrogen) atoms. The average Bonchev–Trinajstić information content (AvgIpc) is 2.53. The van der Waals surface area contributed by atoms with Gasteiger partial charge in [-0.3, -0.25) is 0 Å². The Kier molecular flexibility index (Phi) is 4.97. The normalized spacial score (nSPS) is 12.4. The van der Waals surface area contributed by atoms with Crippen LogP contribution in [0, 0.1) is 0 Å². The second-order valence-electron chi connectivity index (χ2n) is 5.29. The maximum atomic E-state index is 3.34. The Morgan fingerprint density at radius 2 is 1.65 bits per heavy atom. The highest BCUT2D eigenvalue weighted by molar-refractivity contribution is 5.69. The number of benzene rings is 2. The van der Waals surface area contributed by atoms with Gasteiger partial charge < -0.3 is 5.32 Å². The van der Waals surface area contributed by atoms with Crippen LogP contribution in [0.15, 0.2) is 42.5 Å². The Hall–Kier alpha value is -1.60. The number of aryl methyl sites for hydroxylation is 2. The van der Waals surface area contributed by atoms with Crippen LogP contribution in [-0.4, -0.2) is 7.05 Å². The minimum absolute atomic E-state index is 0.363. The SMILES string of the molecule is CCc1ccc(-c2ccccc2C(C)NC)cc1CC. The summed E-state index contributed by atoms with van der Waals surface area (Å²) >= 11 is 0. The van der Waals surface area contributed by atoms with E-state index in [-0.39, 0.29) is 0 Å². The number of nitrogens with one attached hydrogen (secondary N) is 1. The van der Waals surface area contributed by atoms with Gasteiger partial charge in [-0.15, -0.1) is 0 Å². The molecular weight excluding hydrogens is 242 g/mol. The van der Waals surface area contributed by atoms with Crippen LogP contribution in [0.5, 0.6) is 0 Å². The molecule has 106 valence electrons. The molecule has 2 aromatic rings. The van der Waals surface area contributed by atoms with Gasteiger partial charge >= 0.3 is 0 Å². The van der Waals surface area contributed by atoms with Gasteiger partial charge in [-0.1, -0.05) is 56.3 Å². The van der Waals surface area contributed by atoms with E-state index < -0.39 is 0 Å². The molecule has 0 aliphatic rings. The molecule has 0 saturated heterocycles. The van der Waals surface area contributed by atoms with Crippen molar-refractivity contribution in [2.75, 3.05) is 7.05 Å². The summed E-state index contributed by atoms with van der Waals surface area (Å²) in [7, 11) is 2.01. The summed E-state index contributed by atoms with van der Waals surface area (Å²) in [6.45, 7) is 6.67. The Balaban J connectivity index is 2.51. The lowest BCUT2D eigenvalue weighted by Crippen LogP contribution is -2.13. The molecule has 0 spiro atoms. The number of rotatable bonds is 5. The standard InChI is InChI=1S/C19H25N/c1-5-15-11-12-17(13-16(15)6-2)19-10-8-7-9-18(19)14(3)20-4/h7-14,20H,5-6H2,1-4H3. The Bertz CT molecular complexity index is 572. The minimum Gasteiger partial charge on any atom is -0.313 e. The first-order chi connectivity index (χ1) is 9.71. The van der Waals surface area contributed by atoms with Crippen molar-refractivity contribution in [2.45, 2.75) is 39.7 Å². The summed E-state index contributed by atoms with van der Waals surface area (Å²) in [5, 5.41) is 3.34. The van der Waals surface area contributed by atoms with Crippen LogP contribution < -0.4 is 5.32 Å². The molecule has 0 bridgehead atoms. The minimum atomic E-state index is 0.363. The Labute approximate surface area is 123 Å². The van der Waals surface area contributed by atoms with E-state index in [9.17, 15) is 0 Å². The second kappa shape index (κ2) is 6.71. The molecule has 2 rings (SSSR count). The zero-order valence-electron chi connectivity index (χ0n) is 13.0. The van der Waals surface area contributed by atoms with Gasteiger partial charge in [0.2, 0.25) is 0 Å². The highest BCUT2D eigenvalue weighted by Gasteiger charge is 2.11. The summed E-state index contributed by atoms with van der Waals surface area (Å²) < 4.78 is 0. The van der Waals surface area contributed by atoms with Crippen LogP contribution in [0.3, 0.4) is 0 Å². The van der Waals surface area contributed by atoms with Crippen LogP contribution >= 0.6 is 0 Å². The third-order valence-corrected chi connectivity index (χ3v) is 4.14. The van der Waals surface area contributed by atoms with Gasteiger partial charge in [0, 0.05) is 6.04 Å². The molecule has 0 radical (unpaired) electrons. The molecule has 0 aliphatic heterocycles. The van der Waals surface area contributed by atoms with Crippen molar-refractivity contribution in [3.8, 4) is 11.1 Å². The molecule has 0 saturated carbocycles. The van der Waals surface area contributed by atoms with Crippen LogP contribution in [0.25, 0.3) is 11.1 Å². The molecular formula is C19H25N. The highest BCUT2D eigenvalue weighted by atomic mass is 14.9. The van der Waals surface area contributed by atoms with Crippen molar-refractivity contribution in [1.29, 1.82) is 0 Å². The van der Waals surface area contributed by atoms with E-state index in [0.717, 1.165) is 12.8 Å². The summed E-state index contributed by atoms with van der Waals surface area (Å²) in [5.74, 6) is 0. The molecule has 0 amide bonds. The van der Waals surface area contributed by atoms with E-state index in [2.05, 4.69) is 68.6 Å². The molecule has 1 atom stereocenters. The largest absolute Gasteiger partial charge is 0.313 e. The molecule has 1 nitrogen and oxygen atoms in total. The van der Waals surface area contributed by atoms with E-state index in [4.69, 9.17) is 0 Å². The Morgan fingerprint density at radius 3 is 2.30 bits per heavy atom. The van der Waals surface area contributed by atoms with Gasteiger partial charge in [0.1, 0.15) is 0 Å². The van der Waals surface area contributed by atoms with Gasteiger partial charge in [-0.25, -0.2) is 0 Å². The maximum absolute atomic E-state index is 3.34. The summed E-state index contributed by atoms with van der Waals surface area (Å²) in [4.78, 5) is 0. The molecule has 1 unspecified atom stereocenters. The molecule has 0 aromatic heterocycles. The van der Waals surface area contributed by atoms with Gasteiger partial charge in [-0.05, 0) is 54.6 Å². The van der Waals surface area contributed by atoms with Crippen molar-refractivity contribution in [2.24, 2.45) is 0 Å². The lowest BCUT2D eigenvalue weighted by atomic mass is 9.92. The fraction of sp³-hybridized carbons (Fsp3) is 0.368. The lowest BCUT2D eigenvalue weighted by molar-refractivity contribution is 0.654. The predicted molar refractivity (Wildman–Crippen MR) is 88.1 cm³/mol. The molecule has 2 aromatic carbocycles. The predicted octanol–water partition coefficient (Wildman–Crippen LogP) is 4.76. The van der Waals surface area contributed by atoms with Gasteiger partial charge in [0.05, 0.1) is 0 Å². The molecule has 0 heterocycles. The van der Waals surface area contributed by atoms with E-state index >= 15 is 0 Å². The summed E-state index contributed by atoms with van der Waals surface area (Å²) in [6.07, 6.45) is 2.21. The number of hydrogen-bond acceptors (Lipinski definition) is 1. The monoisotopic (exact) mass is 267 g/mol. The summed E-state index contributed by atoms with van der Waals surface area (Å²) in [6, 6.07) is 16.0. The third kappa shape index (κ3) is 2.94. The first-order valence-corrected chi connectivity index (χ1v) is 7.59. The van der Waals surface area contributed by atoms with E-state index in [1.807, 2.05) is 7.05 Å². The molecule has 0 fully saturated rings. The van der Waals surface area contributed by atoms with Crippen LogP contribution in [0.4, 0.5) is 0 Å². The van der Waals surface area contributed by atoms with Gasteiger partial charge in [-0.2, -0.15) is 0 Å². The number of hydrogen-bond donors (Lipinski definition) is 1. The van der Waals surface area contributed by atoms with E-state index in [0.29, 0.717) is 6.04 Å². The van der Waals surface area contributed by atoms with Gasteiger partial charge in [0.25, 0.3) is 0 Å². The van der Waals surface area contributed by atoms with Crippen molar-refractivity contribution < 1.29 is 0 Å². The van der Waals surface area contributed by atoms with Crippen LogP contribution in [-0.2, 0) is 12.8 Å². The molecule has 1 heteroatoms. The second-order valence-corrected chi connectivity index (χ2v) is 5.29.